The standard InChI is InChI=1S/C14H20N4O3/c1-2-15-7-8-16-14(19)10-3-6-12(17-11-4-5-11)13(9-10)18(20)21/h3,6,9,11,15,17H,2,4-5,7-8H2,1H3,(H,16,19). The highest BCUT2D eigenvalue weighted by molar-refractivity contribution is 5.95. The summed E-state index contributed by atoms with van der Waals surface area (Å²) >= 11 is 0. The molecule has 0 radical (unpaired) electrons. The molecule has 1 aliphatic rings. The molecule has 0 bridgehead atoms. The van der Waals surface area contributed by atoms with Crippen LogP contribution in [-0.4, -0.2) is 36.5 Å². The summed E-state index contributed by atoms with van der Waals surface area (Å²) in [7, 11) is 0. The number of hydrogen-bond acceptors (Lipinski definition) is 5. The van der Waals surface area contributed by atoms with E-state index in [1.54, 1.807) is 12.1 Å². The van der Waals surface area contributed by atoms with Gasteiger partial charge >= 0.3 is 0 Å². The van der Waals surface area contributed by atoms with Gasteiger partial charge in [0, 0.05) is 30.8 Å². The first-order chi connectivity index (χ1) is 10.1. The van der Waals surface area contributed by atoms with E-state index in [0.29, 0.717) is 30.4 Å². The van der Waals surface area contributed by atoms with Crippen molar-refractivity contribution in [2.75, 3.05) is 25.0 Å². The van der Waals surface area contributed by atoms with Gasteiger partial charge in [-0.15, -0.1) is 0 Å². The van der Waals surface area contributed by atoms with Crippen molar-refractivity contribution in [2.45, 2.75) is 25.8 Å². The lowest BCUT2D eigenvalue weighted by Gasteiger charge is -2.08. The zero-order valence-electron chi connectivity index (χ0n) is 12.0. The molecular weight excluding hydrogens is 272 g/mol. The van der Waals surface area contributed by atoms with E-state index in [0.717, 1.165) is 19.4 Å². The topological polar surface area (TPSA) is 96.3 Å². The molecule has 21 heavy (non-hydrogen) atoms. The van der Waals surface area contributed by atoms with Crippen LogP contribution in [0, 0.1) is 10.1 Å². The number of nitrogens with zero attached hydrogens (tertiary/aromatic N) is 1. The van der Waals surface area contributed by atoms with Crippen LogP contribution in [0.15, 0.2) is 18.2 Å². The van der Waals surface area contributed by atoms with Gasteiger partial charge in [0.15, 0.2) is 0 Å². The number of carbonyl (C=O) groups is 1. The average Bonchev–Trinajstić information content (AvgIpc) is 3.27. The second-order valence-corrected chi connectivity index (χ2v) is 5.02. The third-order valence-corrected chi connectivity index (χ3v) is 3.23. The molecule has 1 saturated carbocycles. The van der Waals surface area contributed by atoms with Crippen LogP contribution in [0.25, 0.3) is 0 Å². The Kier molecular flexibility index (Phi) is 5.10. The summed E-state index contributed by atoms with van der Waals surface area (Å²) in [6.45, 7) is 3.98. The SMILES string of the molecule is CCNCCNC(=O)c1ccc(NC2CC2)c([N+](=O)[O-])c1. The van der Waals surface area contributed by atoms with Crippen LogP contribution in [0.4, 0.5) is 11.4 Å². The van der Waals surface area contributed by atoms with E-state index in [4.69, 9.17) is 0 Å². The third-order valence-electron chi connectivity index (χ3n) is 3.23. The van der Waals surface area contributed by atoms with E-state index in [1.807, 2.05) is 6.92 Å². The van der Waals surface area contributed by atoms with Crippen LogP contribution in [0.5, 0.6) is 0 Å². The summed E-state index contributed by atoms with van der Waals surface area (Å²) in [4.78, 5) is 22.6. The van der Waals surface area contributed by atoms with Crippen molar-refractivity contribution in [1.82, 2.24) is 10.6 Å². The highest BCUT2D eigenvalue weighted by Crippen LogP contribution is 2.31. The van der Waals surface area contributed by atoms with Gasteiger partial charge in [-0.1, -0.05) is 6.92 Å². The van der Waals surface area contributed by atoms with Crippen LogP contribution in [0.1, 0.15) is 30.1 Å². The van der Waals surface area contributed by atoms with Crippen LogP contribution in [-0.2, 0) is 0 Å². The molecule has 114 valence electrons. The van der Waals surface area contributed by atoms with Gasteiger partial charge in [0.05, 0.1) is 4.92 Å². The maximum absolute atomic E-state index is 11.9. The van der Waals surface area contributed by atoms with Gasteiger partial charge in [-0.2, -0.15) is 0 Å². The molecule has 0 atom stereocenters. The van der Waals surface area contributed by atoms with Crippen molar-refractivity contribution in [3.05, 3.63) is 33.9 Å². The van der Waals surface area contributed by atoms with Gasteiger partial charge < -0.3 is 16.0 Å². The number of benzene rings is 1. The minimum Gasteiger partial charge on any atom is -0.377 e. The van der Waals surface area contributed by atoms with E-state index >= 15 is 0 Å². The molecule has 1 fully saturated rings. The molecule has 7 nitrogen and oxygen atoms in total. The lowest BCUT2D eigenvalue weighted by molar-refractivity contribution is -0.384. The Hall–Kier alpha value is -2.15. The third kappa shape index (κ3) is 4.42. The largest absolute Gasteiger partial charge is 0.377 e. The Morgan fingerprint density at radius 2 is 2.14 bits per heavy atom. The molecule has 0 heterocycles. The van der Waals surface area contributed by atoms with Crippen molar-refractivity contribution in [1.29, 1.82) is 0 Å². The molecule has 1 amide bonds. The second kappa shape index (κ2) is 7.03. The first-order valence-electron chi connectivity index (χ1n) is 7.15. The molecule has 0 aliphatic heterocycles. The number of nitro groups is 1. The molecular formula is C14H20N4O3. The smallest absolute Gasteiger partial charge is 0.293 e. The van der Waals surface area contributed by atoms with E-state index in [2.05, 4.69) is 16.0 Å². The van der Waals surface area contributed by atoms with E-state index in [9.17, 15) is 14.9 Å². The maximum Gasteiger partial charge on any atom is 0.293 e. The fourth-order valence-electron chi connectivity index (χ4n) is 1.94. The number of carbonyl (C=O) groups excluding carboxylic acids is 1. The highest BCUT2D eigenvalue weighted by atomic mass is 16.6. The lowest BCUT2D eigenvalue weighted by Crippen LogP contribution is -2.31. The van der Waals surface area contributed by atoms with Gasteiger partial charge in [-0.3, -0.25) is 14.9 Å². The molecule has 3 N–H and O–H groups in total. The first kappa shape index (κ1) is 15.2. The number of nitro benzene ring substituents is 1. The Bertz CT molecular complexity index is 529. The Morgan fingerprint density at radius 1 is 1.38 bits per heavy atom. The normalized spacial score (nSPS) is 13.8. The maximum atomic E-state index is 11.9. The molecule has 0 spiro atoms. The van der Waals surface area contributed by atoms with Gasteiger partial charge in [-0.25, -0.2) is 0 Å². The predicted octanol–water partition coefficient (Wildman–Crippen LogP) is 1.51. The lowest BCUT2D eigenvalue weighted by atomic mass is 10.1. The predicted molar refractivity (Wildman–Crippen MR) is 80.6 cm³/mol. The van der Waals surface area contributed by atoms with Crippen molar-refractivity contribution in [3.8, 4) is 0 Å². The van der Waals surface area contributed by atoms with Crippen molar-refractivity contribution in [2.24, 2.45) is 0 Å². The molecule has 0 unspecified atom stereocenters. The highest BCUT2D eigenvalue weighted by Gasteiger charge is 2.25. The molecule has 0 saturated heterocycles. The zero-order valence-corrected chi connectivity index (χ0v) is 12.0. The van der Waals surface area contributed by atoms with Gasteiger partial charge in [-0.05, 0) is 31.5 Å². The molecule has 2 rings (SSSR count). The van der Waals surface area contributed by atoms with Gasteiger partial charge in [0.1, 0.15) is 5.69 Å². The minimum atomic E-state index is -0.458. The van der Waals surface area contributed by atoms with E-state index < -0.39 is 4.92 Å². The zero-order chi connectivity index (χ0) is 15.2. The fraction of sp³-hybridized carbons (Fsp3) is 0.500. The average molecular weight is 292 g/mol. The van der Waals surface area contributed by atoms with Crippen LogP contribution in [0.3, 0.4) is 0 Å². The minimum absolute atomic E-state index is 0.0544. The quantitative estimate of drug-likeness (QED) is 0.383. The monoisotopic (exact) mass is 292 g/mol. The molecule has 0 aromatic heterocycles. The summed E-state index contributed by atoms with van der Waals surface area (Å²) in [5.41, 5.74) is 0.729. The van der Waals surface area contributed by atoms with Gasteiger partial charge in [0.2, 0.25) is 0 Å². The summed E-state index contributed by atoms with van der Waals surface area (Å²) in [5.74, 6) is -0.297. The summed E-state index contributed by atoms with van der Waals surface area (Å²) in [6, 6.07) is 4.87. The number of rotatable bonds is 8. The van der Waals surface area contributed by atoms with E-state index in [1.165, 1.54) is 6.07 Å². The van der Waals surface area contributed by atoms with E-state index in [-0.39, 0.29) is 11.6 Å². The molecule has 7 heteroatoms. The summed E-state index contributed by atoms with van der Waals surface area (Å²) < 4.78 is 0. The second-order valence-electron chi connectivity index (χ2n) is 5.02. The molecule has 1 aromatic rings. The number of hydrogen-bond donors (Lipinski definition) is 3. The van der Waals surface area contributed by atoms with Crippen molar-refractivity contribution in [3.63, 3.8) is 0 Å². The van der Waals surface area contributed by atoms with Crippen molar-refractivity contribution < 1.29 is 9.72 Å². The van der Waals surface area contributed by atoms with Gasteiger partial charge in [0.25, 0.3) is 11.6 Å². The van der Waals surface area contributed by atoms with Crippen molar-refractivity contribution >= 4 is 17.3 Å². The Morgan fingerprint density at radius 3 is 2.76 bits per heavy atom. The summed E-state index contributed by atoms with van der Waals surface area (Å²) in [6.07, 6.45) is 2.06. The molecule has 1 aliphatic carbocycles. The summed E-state index contributed by atoms with van der Waals surface area (Å²) in [5, 5.41) is 20.0. The number of anilines is 1. The van der Waals surface area contributed by atoms with Crippen LogP contribution in [0.2, 0.25) is 0 Å². The number of likely N-dealkylation sites (N-methyl/N-ethyl adjacent to an activating group) is 1. The fourth-order valence-corrected chi connectivity index (χ4v) is 1.94. The Balaban J connectivity index is 2.03. The first-order valence-corrected chi connectivity index (χ1v) is 7.15. The molecule has 1 aromatic carbocycles. The Labute approximate surface area is 123 Å². The van der Waals surface area contributed by atoms with Crippen LogP contribution < -0.4 is 16.0 Å². The number of nitrogens with one attached hydrogen (secondary N) is 3. The van der Waals surface area contributed by atoms with Crippen LogP contribution >= 0.6 is 0 Å². The number of amides is 1.